The van der Waals surface area contributed by atoms with Crippen LogP contribution >= 0.6 is 0 Å². The highest BCUT2D eigenvalue weighted by Gasteiger charge is 2.38. The van der Waals surface area contributed by atoms with E-state index in [4.69, 9.17) is 4.74 Å². The van der Waals surface area contributed by atoms with E-state index in [0.717, 1.165) is 5.56 Å². The van der Waals surface area contributed by atoms with Gasteiger partial charge in [0.25, 0.3) is 0 Å². The predicted octanol–water partition coefficient (Wildman–Crippen LogP) is 3.61. The molecule has 2 N–H and O–H groups in total. The molecule has 3 unspecified atom stereocenters. The van der Waals surface area contributed by atoms with Crippen LogP contribution in [-0.4, -0.2) is 18.3 Å². The molecule has 3 atom stereocenters. The van der Waals surface area contributed by atoms with Crippen molar-refractivity contribution < 1.29 is 9.84 Å². The summed E-state index contributed by atoms with van der Waals surface area (Å²) < 4.78 is 5.17. The van der Waals surface area contributed by atoms with E-state index in [9.17, 15) is 5.11 Å². The Labute approximate surface area is 125 Å². The maximum absolute atomic E-state index is 9.66. The lowest BCUT2D eigenvalue weighted by Crippen LogP contribution is -2.22. The zero-order valence-corrected chi connectivity index (χ0v) is 12.4. The van der Waals surface area contributed by atoms with Gasteiger partial charge in [0, 0.05) is 18.0 Å². The first kappa shape index (κ1) is 14.0. The lowest BCUT2D eigenvalue weighted by molar-refractivity contribution is 0.372. The van der Waals surface area contributed by atoms with Gasteiger partial charge in [0.05, 0.1) is 7.11 Å². The van der Waals surface area contributed by atoms with Gasteiger partial charge in [0.15, 0.2) is 11.5 Å². The summed E-state index contributed by atoms with van der Waals surface area (Å²) in [4.78, 5) is 0. The zero-order valence-electron chi connectivity index (χ0n) is 12.4. The molecule has 3 nitrogen and oxygen atoms in total. The molecule has 2 aromatic carbocycles. The summed E-state index contributed by atoms with van der Waals surface area (Å²) in [7, 11) is 1.57. The Balaban J connectivity index is 1.64. The Morgan fingerprint density at radius 3 is 2.67 bits per heavy atom. The van der Waals surface area contributed by atoms with Crippen LogP contribution in [0.4, 0.5) is 0 Å². The number of benzene rings is 2. The molecule has 0 bridgehead atoms. The van der Waals surface area contributed by atoms with Gasteiger partial charge in [0.1, 0.15) is 0 Å². The number of phenolic OH excluding ortho intramolecular Hbond substituents is 1. The van der Waals surface area contributed by atoms with Gasteiger partial charge >= 0.3 is 0 Å². The predicted molar refractivity (Wildman–Crippen MR) is 83.8 cm³/mol. The average molecular weight is 283 g/mol. The summed E-state index contributed by atoms with van der Waals surface area (Å²) in [6, 6.07) is 16.9. The molecule has 0 aliphatic heterocycles. The molecule has 3 rings (SSSR count). The fourth-order valence-corrected chi connectivity index (χ4v) is 2.83. The van der Waals surface area contributed by atoms with Crippen molar-refractivity contribution in [2.45, 2.75) is 31.3 Å². The van der Waals surface area contributed by atoms with Crippen molar-refractivity contribution >= 4 is 0 Å². The van der Waals surface area contributed by atoms with Crippen molar-refractivity contribution in [3.05, 3.63) is 59.7 Å². The van der Waals surface area contributed by atoms with Crippen LogP contribution < -0.4 is 10.1 Å². The second kappa shape index (κ2) is 5.78. The van der Waals surface area contributed by atoms with Crippen molar-refractivity contribution in [1.29, 1.82) is 0 Å². The second-order valence-electron chi connectivity index (χ2n) is 5.68. The number of ether oxygens (including phenoxy) is 1. The summed E-state index contributed by atoms with van der Waals surface area (Å²) in [5.74, 6) is 1.33. The van der Waals surface area contributed by atoms with Gasteiger partial charge in [-0.1, -0.05) is 36.4 Å². The van der Waals surface area contributed by atoms with E-state index in [1.54, 1.807) is 13.2 Å². The van der Waals surface area contributed by atoms with E-state index in [2.05, 4.69) is 42.6 Å². The van der Waals surface area contributed by atoms with Crippen LogP contribution in [0, 0.1) is 0 Å². The minimum atomic E-state index is 0.182. The van der Waals surface area contributed by atoms with Gasteiger partial charge in [-0.25, -0.2) is 0 Å². The molecular formula is C18H21NO2. The van der Waals surface area contributed by atoms with E-state index >= 15 is 0 Å². The van der Waals surface area contributed by atoms with Crippen molar-refractivity contribution in [1.82, 2.24) is 5.32 Å². The molecule has 1 fully saturated rings. The highest BCUT2D eigenvalue weighted by molar-refractivity contribution is 5.42. The van der Waals surface area contributed by atoms with Crippen LogP contribution in [-0.2, 0) is 0 Å². The molecule has 3 heteroatoms. The number of hydrogen-bond acceptors (Lipinski definition) is 3. The first-order chi connectivity index (χ1) is 10.2. The Hall–Kier alpha value is -2.00. The number of aromatic hydroxyl groups is 1. The normalized spacial score (nSPS) is 21.8. The zero-order chi connectivity index (χ0) is 14.8. The Bertz CT molecular complexity index is 612. The largest absolute Gasteiger partial charge is 0.504 e. The average Bonchev–Trinajstić information content (AvgIpc) is 3.27. The third-order valence-electron chi connectivity index (χ3n) is 4.19. The molecule has 1 aliphatic rings. The molecule has 0 radical (unpaired) electrons. The van der Waals surface area contributed by atoms with E-state index in [-0.39, 0.29) is 11.8 Å². The summed E-state index contributed by atoms with van der Waals surface area (Å²) in [6.07, 6.45) is 1.18. The Kier molecular flexibility index (Phi) is 3.84. The highest BCUT2D eigenvalue weighted by Crippen LogP contribution is 2.42. The van der Waals surface area contributed by atoms with Crippen molar-refractivity contribution in [3.63, 3.8) is 0 Å². The fraction of sp³-hybridized carbons (Fsp3) is 0.333. The second-order valence-corrected chi connectivity index (χ2v) is 5.68. The minimum Gasteiger partial charge on any atom is -0.504 e. The number of hydrogen-bond donors (Lipinski definition) is 2. The molecule has 21 heavy (non-hydrogen) atoms. The molecule has 1 aliphatic carbocycles. The monoisotopic (exact) mass is 283 g/mol. The first-order valence-corrected chi connectivity index (χ1v) is 7.37. The van der Waals surface area contributed by atoms with Gasteiger partial charge in [-0.15, -0.1) is 0 Å². The molecular weight excluding hydrogens is 262 g/mol. The number of rotatable bonds is 5. The SMILES string of the molecule is COc1cc(C(C)NC2CC2c2ccccc2)ccc1O. The van der Waals surface area contributed by atoms with Crippen molar-refractivity contribution in [3.8, 4) is 11.5 Å². The molecule has 2 aromatic rings. The summed E-state index contributed by atoms with van der Waals surface area (Å²) in [6.45, 7) is 2.15. The fourth-order valence-electron chi connectivity index (χ4n) is 2.83. The molecule has 0 heterocycles. The van der Waals surface area contributed by atoms with Crippen LogP contribution in [0.5, 0.6) is 11.5 Å². The maximum atomic E-state index is 9.66. The first-order valence-electron chi connectivity index (χ1n) is 7.37. The molecule has 0 aromatic heterocycles. The highest BCUT2D eigenvalue weighted by atomic mass is 16.5. The number of phenols is 1. The van der Waals surface area contributed by atoms with E-state index < -0.39 is 0 Å². The smallest absolute Gasteiger partial charge is 0.160 e. The molecule has 0 amide bonds. The summed E-state index contributed by atoms with van der Waals surface area (Å²) >= 11 is 0. The van der Waals surface area contributed by atoms with Crippen LogP contribution in [0.1, 0.15) is 36.4 Å². The number of methoxy groups -OCH3 is 1. The van der Waals surface area contributed by atoms with Crippen molar-refractivity contribution in [2.75, 3.05) is 7.11 Å². The van der Waals surface area contributed by atoms with Crippen molar-refractivity contribution in [2.24, 2.45) is 0 Å². The van der Waals surface area contributed by atoms with Gasteiger partial charge in [-0.2, -0.15) is 0 Å². The molecule has 1 saturated carbocycles. The van der Waals surface area contributed by atoms with Gasteiger partial charge in [-0.05, 0) is 36.6 Å². The van der Waals surface area contributed by atoms with Crippen LogP contribution in [0.25, 0.3) is 0 Å². The van der Waals surface area contributed by atoms with Crippen LogP contribution in [0.3, 0.4) is 0 Å². The van der Waals surface area contributed by atoms with Crippen LogP contribution in [0.15, 0.2) is 48.5 Å². The quantitative estimate of drug-likeness (QED) is 0.881. The molecule has 0 saturated heterocycles. The van der Waals surface area contributed by atoms with Crippen LogP contribution in [0.2, 0.25) is 0 Å². The van der Waals surface area contributed by atoms with Gasteiger partial charge < -0.3 is 15.2 Å². The maximum Gasteiger partial charge on any atom is 0.160 e. The minimum absolute atomic E-state index is 0.182. The standard InChI is InChI=1S/C18H21NO2/c1-12(14-8-9-17(20)18(10-14)21-2)19-16-11-15(16)13-6-4-3-5-7-13/h3-10,12,15-16,19-20H,11H2,1-2H3. The van der Waals surface area contributed by atoms with E-state index in [1.807, 2.05) is 12.1 Å². The van der Waals surface area contributed by atoms with Gasteiger partial charge in [-0.3, -0.25) is 0 Å². The molecule has 110 valence electrons. The molecule has 0 spiro atoms. The third-order valence-corrected chi connectivity index (χ3v) is 4.19. The number of nitrogens with one attached hydrogen (secondary N) is 1. The van der Waals surface area contributed by atoms with E-state index in [0.29, 0.717) is 17.7 Å². The third kappa shape index (κ3) is 3.03. The topological polar surface area (TPSA) is 41.5 Å². The summed E-state index contributed by atoms with van der Waals surface area (Å²) in [5.41, 5.74) is 2.54. The Morgan fingerprint density at radius 2 is 1.95 bits per heavy atom. The lowest BCUT2D eigenvalue weighted by Gasteiger charge is -2.16. The van der Waals surface area contributed by atoms with E-state index in [1.165, 1.54) is 12.0 Å². The Morgan fingerprint density at radius 1 is 1.19 bits per heavy atom. The lowest BCUT2D eigenvalue weighted by atomic mass is 10.1. The summed E-state index contributed by atoms with van der Waals surface area (Å²) in [5, 5.41) is 13.3. The van der Waals surface area contributed by atoms with Gasteiger partial charge in [0.2, 0.25) is 0 Å².